The average molecular weight is 475 g/mol. The van der Waals surface area contributed by atoms with Gasteiger partial charge in [-0.05, 0) is 40.5 Å². The zero-order valence-electron chi connectivity index (χ0n) is 20.4. The Labute approximate surface area is 212 Å². The lowest BCUT2D eigenvalue weighted by Crippen LogP contribution is -2.25. The van der Waals surface area contributed by atoms with E-state index in [1.165, 1.54) is 0 Å². The van der Waals surface area contributed by atoms with Gasteiger partial charge in [-0.25, -0.2) is 0 Å². The van der Waals surface area contributed by atoms with Gasteiger partial charge in [-0.1, -0.05) is 91.0 Å². The fourth-order valence-electron chi connectivity index (χ4n) is 4.67. The van der Waals surface area contributed by atoms with E-state index in [0.29, 0.717) is 19.6 Å². The minimum absolute atomic E-state index is 0.0207. The molecule has 1 heterocycles. The molecule has 36 heavy (non-hydrogen) atoms. The van der Waals surface area contributed by atoms with Crippen LogP contribution in [0.3, 0.4) is 0 Å². The first-order valence-corrected chi connectivity index (χ1v) is 12.3. The monoisotopic (exact) mass is 474 g/mol. The van der Waals surface area contributed by atoms with Gasteiger partial charge in [-0.2, -0.15) is 0 Å². The molecule has 0 radical (unpaired) electrons. The highest BCUT2D eigenvalue weighted by Gasteiger charge is 2.23. The molecule has 0 saturated carbocycles. The van der Waals surface area contributed by atoms with E-state index >= 15 is 0 Å². The molecule has 0 spiro atoms. The molecule has 1 aromatic heterocycles. The molecule has 0 saturated heterocycles. The summed E-state index contributed by atoms with van der Waals surface area (Å²) in [4.78, 5) is 13.2. The molecule has 4 nitrogen and oxygen atoms in total. The summed E-state index contributed by atoms with van der Waals surface area (Å²) in [7, 11) is 2.05. The van der Waals surface area contributed by atoms with Crippen molar-refractivity contribution in [1.29, 1.82) is 0 Å². The van der Waals surface area contributed by atoms with Crippen LogP contribution in [0.5, 0.6) is 5.75 Å². The van der Waals surface area contributed by atoms with Crippen molar-refractivity contribution in [1.82, 2.24) is 9.88 Å². The quantitative estimate of drug-likeness (QED) is 0.262. The molecule has 0 bridgehead atoms. The Hall–Kier alpha value is -4.31. The third-order valence-corrected chi connectivity index (χ3v) is 6.53. The highest BCUT2D eigenvalue weighted by Crippen LogP contribution is 2.35. The number of fused-ring (bicyclic) bond motifs is 1. The molecule has 1 atom stereocenters. The first-order valence-electron chi connectivity index (χ1n) is 12.3. The van der Waals surface area contributed by atoms with E-state index in [4.69, 9.17) is 4.74 Å². The van der Waals surface area contributed by atoms with Crippen LogP contribution in [0, 0.1) is 0 Å². The fourth-order valence-corrected chi connectivity index (χ4v) is 4.67. The van der Waals surface area contributed by atoms with Crippen LogP contribution in [0.25, 0.3) is 10.9 Å². The Kier molecular flexibility index (Phi) is 7.13. The van der Waals surface area contributed by atoms with Gasteiger partial charge in [-0.3, -0.25) is 4.79 Å². The highest BCUT2D eigenvalue weighted by molar-refractivity contribution is 5.86. The Bertz CT molecular complexity index is 1440. The third-order valence-electron chi connectivity index (χ3n) is 6.53. The lowest BCUT2D eigenvalue weighted by atomic mass is 9.88. The molecular formula is C32H30N2O2. The van der Waals surface area contributed by atoms with Gasteiger partial charge in [0.2, 0.25) is 5.91 Å². The summed E-state index contributed by atoms with van der Waals surface area (Å²) in [5.74, 6) is 0.714. The summed E-state index contributed by atoms with van der Waals surface area (Å²) in [6.07, 6.45) is 2.50. The summed E-state index contributed by atoms with van der Waals surface area (Å²) in [5, 5.41) is 4.27. The second kappa shape index (κ2) is 11.0. The second-order valence-corrected chi connectivity index (χ2v) is 9.08. The number of benzene rings is 4. The predicted octanol–water partition coefficient (Wildman–Crippen LogP) is 6.60. The summed E-state index contributed by atoms with van der Waals surface area (Å²) in [5.41, 5.74) is 5.56. The lowest BCUT2D eigenvalue weighted by Gasteiger charge is -2.18. The van der Waals surface area contributed by atoms with Crippen molar-refractivity contribution in [3.05, 3.63) is 138 Å². The molecule has 0 aliphatic heterocycles. The number of aryl methyl sites for hydroxylation is 1. The van der Waals surface area contributed by atoms with E-state index in [0.717, 1.165) is 38.9 Å². The lowest BCUT2D eigenvalue weighted by molar-refractivity contribution is -0.121. The maximum absolute atomic E-state index is 13.2. The first kappa shape index (κ1) is 23.4. The van der Waals surface area contributed by atoms with Crippen molar-refractivity contribution in [3.8, 4) is 5.75 Å². The van der Waals surface area contributed by atoms with Gasteiger partial charge in [0.15, 0.2) is 0 Å². The van der Waals surface area contributed by atoms with Gasteiger partial charge < -0.3 is 14.6 Å². The van der Waals surface area contributed by atoms with Crippen LogP contribution in [-0.4, -0.2) is 10.5 Å². The molecule has 0 aliphatic rings. The van der Waals surface area contributed by atoms with E-state index in [9.17, 15) is 4.79 Å². The Balaban J connectivity index is 1.42. The number of ether oxygens (including phenoxy) is 1. The smallest absolute Gasteiger partial charge is 0.221 e. The molecule has 0 aliphatic carbocycles. The van der Waals surface area contributed by atoms with Crippen molar-refractivity contribution in [2.45, 2.75) is 25.5 Å². The zero-order chi connectivity index (χ0) is 24.7. The number of para-hydroxylation sites is 1. The van der Waals surface area contributed by atoms with E-state index < -0.39 is 0 Å². The van der Waals surface area contributed by atoms with Gasteiger partial charge in [0.05, 0.1) is 0 Å². The van der Waals surface area contributed by atoms with Crippen molar-refractivity contribution >= 4 is 16.8 Å². The number of carbonyl (C=O) groups is 1. The Morgan fingerprint density at radius 1 is 0.833 bits per heavy atom. The largest absolute Gasteiger partial charge is 0.489 e. The van der Waals surface area contributed by atoms with Crippen LogP contribution in [0.2, 0.25) is 0 Å². The number of aromatic nitrogens is 1. The second-order valence-electron chi connectivity index (χ2n) is 9.08. The number of hydrogen-bond donors (Lipinski definition) is 1. The number of nitrogens with one attached hydrogen (secondary N) is 1. The molecule has 0 unspecified atom stereocenters. The number of rotatable bonds is 9. The number of carbonyl (C=O) groups excluding carboxylic acids is 1. The minimum Gasteiger partial charge on any atom is -0.489 e. The summed E-state index contributed by atoms with van der Waals surface area (Å²) < 4.78 is 8.25. The van der Waals surface area contributed by atoms with E-state index in [1.807, 2.05) is 66.7 Å². The SMILES string of the molecule is Cn1cc([C@H](CC(=O)NCc2ccccc2)c2cccc(OCc3ccccc3)c2)c2ccccc21. The van der Waals surface area contributed by atoms with Crippen molar-refractivity contribution in [2.24, 2.45) is 7.05 Å². The van der Waals surface area contributed by atoms with Crippen LogP contribution in [0.15, 0.2) is 115 Å². The molecule has 5 rings (SSSR count). The predicted molar refractivity (Wildman–Crippen MR) is 145 cm³/mol. The van der Waals surface area contributed by atoms with Crippen LogP contribution < -0.4 is 10.1 Å². The summed E-state index contributed by atoms with van der Waals surface area (Å²) >= 11 is 0. The molecular weight excluding hydrogens is 444 g/mol. The highest BCUT2D eigenvalue weighted by atomic mass is 16.5. The molecule has 4 heteroatoms. The van der Waals surface area contributed by atoms with Crippen molar-refractivity contribution in [2.75, 3.05) is 0 Å². The molecule has 1 amide bonds. The van der Waals surface area contributed by atoms with Gasteiger partial charge in [0, 0.05) is 43.0 Å². The minimum atomic E-state index is -0.104. The standard InChI is InChI=1S/C32H30N2O2/c1-34-22-30(28-17-8-9-18-31(28)34)29(20-32(35)33-21-24-11-4-2-5-12-24)26-15-10-16-27(19-26)36-23-25-13-6-3-7-14-25/h2-19,22,29H,20-21,23H2,1H3,(H,33,35)/t29-/m1/s1. The van der Waals surface area contributed by atoms with E-state index in [-0.39, 0.29) is 11.8 Å². The van der Waals surface area contributed by atoms with Crippen LogP contribution in [0.1, 0.15) is 34.6 Å². The van der Waals surface area contributed by atoms with Crippen LogP contribution in [0.4, 0.5) is 0 Å². The van der Waals surface area contributed by atoms with Gasteiger partial charge in [0.25, 0.3) is 0 Å². The van der Waals surface area contributed by atoms with Crippen LogP contribution in [-0.2, 0) is 25.0 Å². The first-order chi connectivity index (χ1) is 17.7. The zero-order valence-corrected chi connectivity index (χ0v) is 20.4. The fraction of sp³-hybridized carbons (Fsp3) is 0.156. The van der Waals surface area contributed by atoms with E-state index in [2.05, 4.69) is 65.6 Å². The van der Waals surface area contributed by atoms with Crippen LogP contribution >= 0.6 is 0 Å². The molecule has 5 aromatic rings. The summed E-state index contributed by atoms with van der Waals surface area (Å²) in [6, 6.07) is 36.6. The normalized spacial score (nSPS) is 11.8. The topological polar surface area (TPSA) is 43.3 Å². The Morgan fingerprint density at radius 2 is 1.53 bits per heavy atom. The number of amides is 1. The van der Waals surface area contributed by atoms with E-state index in [1.54, 1.807) is 0 Å². The average Bonchev–Trinajstić information content (AvgIpc) is 3.27. The molecule has 1 N–H and O–H groups in total. The van der Waals surface area contributed by atoms with Crippen molar-refractivity contribution < 1.29 is 9.53 Å². The molecule has 0 fully saturated rings. The van der Waals surface area contributed by atoms with Crippen molar-refractivity contribution in [3.63, 3.8) is 0 Å². The summed E-state index contributed by atoms with van der Waals surface area (Å²) in [6.45, 7) is 1.02. The number of nitrogens with zero attached hydrogens (tertiary/aromatic N) is 1. The van der Waals surface area contributed by atoms with Gasteiger partial charge in [0.1, 0.15) is 12.4 Å². The Morgan fingerprint density at radius 3 is 2.31 bits per heavy atom. The number of hydrogen-bond acceptors (Lipinski definition) is 2. The third kappa shape index (κ3) is 5.49. The molecule has 180 valence electrons. The van der Waals surface area contributed by atoms with Gasteiger partial charge in [-0.15, -0.1) is 0 Å². The molecule has 4 aromatic carbocycles. The maximum Gasteiger partial charge on any atom is 0.221 e. The maximum atomic E-state index is 13.2. The van der Waals surface area contributed by atoms with Gasteiger partial charge >= 0.3 is 0 Å².